The summed E-state index contributed by atoms with van der Waals surface area (Å²) in [6, 6.07) is 49.2. The van der Waals surface area contributed by atoms with Crippen LogP contribution in [0, 0.1) is 22.7 Å². The lowest BCUT2D eigenvalue weighted by Gasteiger charge is -2.20. The maximum absolute atomic E-state index is 10.8. The largest absolute Gasteiger partial charge is 0.307 e. The van der Waals surface area contributed by atoms with Crippen LogP contribution in [0.1, 0.15) is 11.1 Å². The van der Waals surface area contributed by atoms with Gasteiger partial charge in [0.2, 0.25) is 0 Å². The van der Waals surface area contributed by atoms with Crippen LogP contribution in [-0.2, 0) is 0 Å². The molecule has 0 atom stereocenters. The van der Waals surface area contributed by atoms with Crippen molar-refractivity contribution in [2.45, 2.75) is 0 Å². The van der Waals surface area contributed by atoms with Crippen molar-refractivity contribution in [2.24, 2.45) is 0 Å². The van der Waals surface area contributed by atoms with Crippen LogP contribution < -0.4 is 0 Å². The molecule has 8 heteroatoms. The van der Waals surface area contributed by atoms with E-state index in [1.807, 2.05) is 54.6 Å². The number of rotatable bonds is 5. The monoisotopic (exact) mass is 690 g/mol. The fraction of sp³-hybridized carbons (Fsp3) is 0. The minimum absolute atomic E-state index is 0.483. The van der Waals surface area contributed by atoms with Crippen LogP contribution in [-0.4, -0.2) is 29.1 Å². The molecule has 6 aromatic carbocycles. The molecular formula is C46H26N8. The highest BCUT2D eigenvalue weighted by Crippen LogP contribution is 2.42. The number of para-hydroxylation sites is 2. The van der Waals surface area contributed by atoms with Crippen molar-refractivity contribution in [3.63, 3.8) is 0 Å². The van der Waals surface area contributed by atoms with Crippen molar-refractivity contribution in [3.8, 4) is 57.4 Å². The van der Waals surface area contributed by atoms with Crippen LogP contribution in [0.3, 0.4) is 0 Å². The molecule has 0 amide bonds. The molecule has 0 bridgehead atoms. The molecule has 54 heavy (non-hydrogen) atoms. The number of benzene rings is 6. The quantitative estimate of drug-likeness (QED) is 0.178. The Morgan fingerprint density at radius 1 is 0.407 bits per heavy atom. The fourth-order valence-corrected chi connectivity index (χ4v) is 7.66. The van der Waals surface area contributed by atoms with Crippen molar-refractivity contribution in [2.75, 3.05) is 0 Å². The lowest BCUT2D eigenvalue weighted by atomic mass is 9.96. The Morgan fingerprint density at radius 3 is 1.46 bits per heavy atom. The number of hydrogen-bond donors (Lipinski definition) is 0. The predicted molar refractivity (Wildman–Crippen MR) is 212 cm³/mol. The molecule has 10 aromatic rings. The molecule has 0 unspecified atom stereocenters. The Labute approximate surface area is 309 Å². The van der Waals surface area contributed by atoms with Crippen LogP contribution >= 0.6 is 0 Å². The Balaban J connectivity index is 1.37. The van der Waals surface area contributed by atoms with E-state index >= 15 is 0 Å². The molecule has 0 aliphatic heterocycles. The second-order valence-electron chi connectivity index (χ2n) is 13.0. The summed E-state index contributed by atoms with van der Waals surface area (Å²) in [5.74, 6) is 1.25. The number of hydrogen-bond acceptors (Lipinski definition) is 6. The van der Waals surface area contributed by atoms with Gasteiger partial charge in [-0.05, 0) is 66.2 Å². The SMILES string of the molecule is N#Cc1cccc(-c2cc(-n3c4ccccc4c4ccc(-c5ncccn5)cc43)c(-n3c4ccccc4c4ccc(-c5ncccn5)cc43)cc2C#N)c1. The summed E-state index contributed by atoms with van der Waals surface area (Å²) in [5, 5.41) is 24.9. The van der Waals surface area contributed by atoms with Crippen LogP contribution in [0.4, 0.5) is 0 Å². The van der Waals surface area contributed by atoms with Gasteiger partial charge >= 0.3 is 0 Å². The summed E-state index contributed by atoms with van der Waals surface area (Å²) < 4.78 is 4.52. The Morgan fingerprint density at radius 2 is 0.926 bits per heavy atom. The highest BCUT2D eigenvalue weighted by Gasteiger charge is 2.23. The molecule has 8 nitrogen and oxygen atoms in total. The zero-order valence-corrected chi connectivity index (χ0v) is 28.6. The van der Waals surface area contributed by atoms with Crippen LogP contribution in [0.5, 0.6) is 0 Å². The lowest BCUT2D eigenvalue weighted by molar-refractivity contribution is 1.09. The zero-order valence-electron chi connectivity index (χ0n) is 28.6. The average Bonchev–Trinajstić information content (AvgIpc) is 3.75. The molecule has 4 aromatic heterocycles. The highest BCUT2D eigenvalue weighted by atomic mass is 15.1. The maximum Gasteiger partial charge on any atom is 0.159 e. The third kappa shape index (κ3) is 4.83. The average molecular weight is 691 g/mol. The molecule has 0 N–H and O–H groups in total. The number of aromatic nitrogens is 6. The summed E-state index contributed by atoms with van der Waals surface area (Å²) >= 11 is 0. The van der Waals surface area contributed by atoms with Gasteiger partial charge in [0.15, 0.2) is 11.6 Å². The van der Waals surface area contributed by atoms with Crippen molar-refractivity contribution in [1.29, 1.82) is 10.5 Å². The van der Waals surface area contributed by atoms with Gasteiger partial charge < -0.3 is 9.13 Å². The van der Waals surface area contributed by atoms with Crippen LogP contribution in [0.2, 0.25) is 0 Å². The van der Waals surface area contributed by atoms with Gasteiger partial charge in [0.25, 0.3) is 0 Å². The van der Waals surface area contributed by atoms with Crippen LogP contribution in [0.25, 0.3) is 88.9 Å². The minimum Gasteiger partial charge on any atom is -0.307 e. The fourth-order valence-electron chi connectivity index (χ4n) is 7.66. The van der Waals surface area contributed by atoms with E-state index in [0.717, 1.165) is 77.2 Å². The number of nitrogens with zero attached hydrogens (tertiary/aromatic N) is 8. The summed E-state index contributed by atoms with van der Waals surface area (Å²) in [7, 11) is 0. The molecule has 0 aliphatic carbocycles. The van der Waals surface area contributed by atoms with Gasteiger partial charge in [-0.1, -0.05) is 72.8 Å². The van der Waals surface area contributed by atoms with E-state index in [1.54, 1.807) is 30.9 Å². The van der Waals surface area contributed by atoms with Crippen molar-refractivity contribution >= 4 is 43.6 Å². The summed E-state index contributed by atoms with van der Waals surface area (Å²) in [6.45, 7) is 0. The Kier molecular flexibility index (Phi) is 7.07. The molecule has 0 saturated heterocycles. The van der Waals surface area contributed by atoms with E-state index in [0.29, 0.717) is 22.8 Å². The van der Waals surface area contributed by atoms with Gasteiger partial charge in [-0.15, -0.1) is 0 Å². The number of fused-ring (bicyclic) bond motifs is 6. The van der Waals surface area contributed by atoms with Crippen LogP contribution in [0.15, 0.2) is 158 Å². The third-order valence-electron chi connectivity index (χ3n) is 10.0. The van der Waals surface area contributed by atoms with E-state index in [4.69, 9.17) is 0 Å². The number of nitriles is 2. The summed E-state index contributed by atoms with van der Waals surface area (Å²) in [6.07, 6.45) is 6.99. The van der Waals surface area contributed by atoms with E-state index in [2.05, 4.69) is 114 Å². The molecule has 0 saturated carbocycles. The first-order chi connectivity index (χ1) is 26.7. The lowest BCUT2D eigenvalue weighted by Crippen LogP contribution is -2.06. The Hall–Kier alpha value is -7.94. The van der Waals surface area contributed by atoms with Crippen molar-refractivity contribution in [3.05, 3.63) is 169 Å². The van der Waals surface area contributed by atoms with E-state index in [-0.39, 0.29) is 0 Å². The van der Waals surface area contributed by atoms with Gasteiger partial charge in [-0.25, -0.2) is 19.9 Å². The molecule has 10 rings (SSSR count). The normalized spacial score (nSPS) is 11.3. The Bertz CT molecular complexity index is 3180. The van der Waals surface area contributed by atoms with Gasteiger partial charge in [-0.2, -0.15) is 10.5 Å². The minimum atomic E-state index is 0.483. The zero-order chi connectivity index (χ0) is 36.2. The maximum atomic E-state index is 10.8. The summed E-state index contributed by atoms with van der Waals surface area (Å²) in [4.78, 5) is 18.3. The van der Waals surface area contributed by atoms with E-state index in [9.17, 15) is 10.5 Å². The standard InChI is InChI=1S/C46H26N8/c47-27-29-8-5-9-30(22-29)38-26-44(54-40-13-4-2-11-35(40)37-17-15-32(24-42(37)54)46-51-20-7-21-52-46)43(25-33(38)28-48)53-39-12-3-1-10-34(39)36-16-14-31(23-41(36)53)45-49-18-6-19-50-45/h1-26H. The second-order valence-corrected chi connectivity index (χ2v) is 13.0. The molecule has 0 spiro atoms. The first kappa shape index (κ1) is 30.8. The van der Waals surface area contributed by atoms with Gasteiger partial charge in [0, 0.05) is 63.0 Å². The van der Waals surface area contributed by atoms with E-state index in [1.165, 1.54) is 0 Å². The second kappa shape index (κ2) is 12.4. The van der Waals surface area contributed by atoms with Gasteiger partial charge in [-0.3, -0.25) is 0 Å². The molecule has 0 radical (unpaired) electrons. The first-order valence-electron chi connectivity index (χ1n) is 17.4. The van der Waals surface area contributed by atoms with Crippen molar-refractivity contribution in [1.82, 2.24) is 29.1 Å². The van der Waals surface area contributed by atoms with E-state index < -0.39 is 0 Å². The molecule has 0 aliphatic rings. The van der Waals surface area contributed by atoms with Gasteiger partial charge in [0.05, 0.1) is 56.7 Å². The highest BCUT2D eigenvalue weighted by molar-refractivity contribution is 6.12. The van der Waals surface area contributed by atoms with Gasteiger partial charge in [0.1, 0.15) is 0 Å². The molecule has 250 valence electrons. The predicted octanol–water partition coefficient (Wildman–Crippen LogP) is 10.2. The molecular weight excluding hydrogens is 665 g/mol. The third-order valence-corrected chi connectivity index (χ3v) is 10.0. The topological polar surface area (TPSA) is 109 Å². The van der Waals surface area contributed by atoms with Crippen molar-refractivity contribution < 1.29 is 0 Å². The molecule has 0 fully saturated rings. The summed E-state index contributed by atoms with van der Waals surface area (Å²) in [5.41, 5.74) is 9.83. The first-order valence-corrected chi connectivity index (χ1v) is 17.4. The molecule has 4 heterocycles. The smallest absolute Gasteiger partial charge is 0.159 e.